The molecule has 0 atom stereocenters. The van der Waals surface area contributed by atoms with E-state index < -0.39 is 16.9 Å². The normalized spacial score (nSPS) is 12.9. The zero-order valence-corrected chi connectivity index (χ0v) is 19.6. The lowest BCUT2D eigenvalue weighted by Gasteiger charge is -2.23. The number of nitrogens with zero attached hydrogens (tertiary/aromatic N) is 2. The van der Waals surface area contributed by atoms with Crippen LogP contribution in [0.2, 0.25) is 0 Å². The highest BCUT2D eigenvalue weighted by molar-refractivity contribution is 7.99. The predicted molar refractivity (Wildman–Crippen MR) is 130 cm³/mol. The van der Waals surface area contributed by atoms with Crippen molar-refractivity contribution in [3.8, 4) is 0 Å². The summed E-state index contributed by atoms with van der Waals surface area (Å²) in [4.78, 5) is 38.2. The molecule has 3 rings (SSSR count). The molecular weight excluding hydrogens is 456 g/mol. The highest BCUT2D eigenvalue weighted by atomic mass is 32.2. The molecule has 0 radical (unpaired) electrons. The Morgan fingerprint density at radius 1 is 1.03 bits per heavy atom. The van der Waals surface area contributed by atoms with Crippen molar-refractivity contribution in [2.75, 3.05) is 24.9 Å². The summed E-state index contributed by atoms with van der Waals surface area (Å²) in [6, 6.07) is 14.7. The van der Waals surface area contributed by atoms with Crippen molar-refractivity contribution in [2.45, 2.75) is 17.7 Å². The number of non-ortho nitro benzene ring substituents is 1. The van der Waals surface area contributed by atoms with Gasteiger partial charge in [0.15, 0.2) is 0 Å². The summed E-state index contributed by atoms with van der Waals surface area (Å²) in [5.74, 6) is -0.758. The molecule has 0 aromatic heterocycles. The lowest BCUT2D eigenvalue weighted by molar-refractivity contribution is -0.385. The first-order valence-corrected chi connectivity index (χ1v) is 11.4. The number of nitro groups is 1. The summed E-state index contributed by atoms with van der Waals surface area (Å²) >= 11 is 1.49. The second-order valence-electron chi connectivity index (χ2n) is 7.20. The number of allylic oxidation sites excluding steroid dienone is 2. The number of carbonyl (C=O) groups is 2. The Bertz CT molecular complexity index is 1160. The number of hydrogen-bond donors (Lipinski definition) is 0. The Hall–Kier alpha value is -3.85. The van der Waals surface area contributed by atoms with Gasteiger partial charge in [-0.2, -0.15) is 0 Å². The average molecular weight is 481 g/mol. The topological polar surface area (TPSA) is 99.0 Å². The van der Waals surface area contributed by atoms with Crippen LogP contribution in [0.4, 0.5) is 11.4 Å². The van der Waals surface area contributed by atoms with Gasteiger partial charge in [0, 0.05) is 23.2 Å². The third kappa shape index (κ3) is 6.14. The molecule has 8 nitrogen and oxygen atoms in total. The molecule has 0 saturated carbocycles. The summed E-state index contributed by atoms with van der Waals surface area (Å²) < 4.78 is 9.72. The van der Waals surface area contributed by atoms with E-state index in [1.165, 1.54) is 54.7 Å². The van der Waals surface area contributed by atoms with Gasteiger partial charge in [-0.1, -0.05) is 36.4 Å². The molecule has 0 aliphatic carbocycles. The Balaban J connectivity index is 1.93. The molecule has 0 fully saturated rings. The molecule has 34 heavy (non-hydrogen) atoms. The van der Waals surface area contributed by atoms with Crippen molar-refractivity contribution in [3.63, 3.8) is 0 Å². The highest BCUT2D eigenvalue weighted by Crippen LogP contribution is 2.34. The third-order valence-electron chi connectivity index (χ3n) is 4.98. The van der Waals surface area contributed by atoms with Gasteiger partial charge in [0.25, 0.3) is 5.69 Å². The summed E-state index contributed by atoms with van der Waals surface area (Å²) in [6.07, 6.45) is 7.96. The van der Waals surface area contributed by atoms with Crippen LogP contribution in [0.25, 0.3) is 0 Å². The Kier molecular flexibility index (Phi) is 8.64. The third-order valence-corrected chi connectivity index (χ3v) is 6.04. The largest absolute Gasteiger partial charge is 0.465 e. The van der Waals surface area contributed by atoms with Crippen molar-refractivity contribution < 1.29 is 24.0 Å². The first-order valence-electron chi connectivity index (χ1n) is 10.5. The van der Waals surface area contributed by atoms with Crippen LogP contribution in [0.5, 0.6) is 0 Å². The maximum atomic E-state index is 12.6. The molecule has 0 bridgehead atoms. The number of ether oxygens (including phenoxy) is 2. The van der Waals surface area contributed by atoms with Gasteiger partial charge in [0.05, 0.1) is 30.4 Å². The van der Waals surface area contributed by atoms with Gasteiger partial charge in [0.1, 0.15) is 5.70 Å². The number of hydrogen-bond acceptors (Lipinski definition) is 8. The molecule has 0 saturated heterocycles. The minimum atomic E-state index is -0.778. The highest BCUT2D eigenvalue weighted by Gasteiger charge is 2.28. The SMILES string of the molecule is COC(=O)C1=C(C(=O)OC)N(c2cc(SCCCc3ccccc3)cc([N+](=O)[O-])c2)C=CC=C1. The first-order chi connectivity index (χ1) is 16.4. The van der Waals surface area contributed by atoms with Gasteiger partial charge in [-0.25, -0.2) is 9.59 Å². The van der Waals surface area contributed by atoms with Crippen molar-refractivity contribution in [2.24, 2.45) is 0 Å². The number of anilines is 1. The summed E-state index contributed by atoms with van der Waals surface area (Å²) in [5, 5.41) is 11.6. The smallest absolute Gasteiger partial charge is 0.355 e. The van der Waals surface area contributed by atoms with Crippen molar-refractivity contribution in [1.82, 2.24) is 0 Å². The monoisotopic (exact) mass is 480 g/mol. The van der Waals surface area contributed by atoms with E-state index in [0.29, 0.717) is 10.6 Å². The maximum Gasteiger partial charge on any atom is 0.355 e. The van der Waals surface area contributed by atoms with E-state index in [1.807, 2.05) is 18.2 Å². The molecule has 9 heteroatoms. The van der Waals surface area contributed by atoms with Crippen LogP contribution in [-0.4, -0.2) is 36.8 Å². The van der Waals surface area contributed by atoms with Crippen LogP contribution in [0, 0.1) is 10.1 Å². The molecule has 2 aromatic carbocycles. The number of benzene rings is 2. The molecule has 1 aliphatic rings. The molecule has 2 aromatic rings. The zero-order chi connectivity index (χ0) is 24.5. The summed E-state index contributed by atoms with van der Waals surface area (Å²) in [5.41, 5.74) is 1.33. The average Bonchev–Trinajstić information content (AvgIpc) is 3.09. The lowest BCUT2D eigenvalue weighted by Crippen LogP contribution is -2.27. The number of aryl methyl sites for hydroxylation is 1. The van der Waals surface area contributed by atoms with Gasteiger partial charge in [0.2, 0.25) is 0 Å². The van der Waals surface area contributed by atoms with Crippen LogP contribution in [-0.2, 0) is 25.5 Å². The van der Waals surface area contributed by atoms with Crippen LogP contribution in [0.1, 0.15) is 12.0 Å². The molecule has 1 aliphatic heterocycles. The second kappa shape index (κ2) is 11.9. The van der Waals surface area contributed by atoms with E-state index in [1.54, 1.807) is 24.4 Å². The van der Waals surface area contributed by atoms with Crippen molar-refractivity contribution in [3.05, 3.63) is 99.9 Å². The van der Waals surface area contributed by atoms with Crippen molar-refractivity contribution >= 4 is 35.1 Å². The van der Waals surface area contributed by atoms with E-state index in [2.05, 4.69) is 12.1 Å². The standard InChI is InChI=1S/C25H24N2O6S/c1-32-24(28)22-12-6-7-13-26(23(22)25(29)33-2)19-15-20(27(30)31)17-21(16-19)34-14-8-11-18-9-4-3-5-10-18/h3-7,9-10,12-13,15-17H,8,11,14H2,1-2H3. The summed E-state index contributed by atoms with van der Waals surface area (Å²) in [7, 11) is 2.40. The molecule has 0 N–H and O–H groups in total. The Labute approximate surface area is 201 Å². The molecular formula is C25H24N2O6S. The molecule has 0 spiro atoms. The fourth-order valence-corrected chi connectivity index (χ4v) is 4.30. The van der Waals surface area contributed by atoms with Crippen LogP contribution < -0.4 is 4.90 Å². The molecule has 176 valence electrons. The number of nitro benzene ring substituents is 1. The second-order valence-corrected chi connectivity index (χ2v) is 8.36. The van der Waals surface area contributed by atoms with Crippen LogP contribution in [0.3, 0.4) is 0 Å². The number of esters is 2. The molecule has 1 heterocycles. The number of rotatable bonds is 9. The lowest BCUT2D eigenvalue weighted by atomic mass is 10.1. The number of methoxy groups -OCH3 is 2. The van der Waals surface area contributed by atoms with Crippen LogP contribution >= 0.6 is 11.8 Å². The number of thioether (sulfide) groups is 1. The fraction of sp³-hybridized carbons (Fsp3) is 0.200. The van der Waals surface area contributed by atoms with Gasteiger partial charge in [-0.3, -0.25) is 10.1 Å². The quantitative estimate of drug-likeness (QED) is 0.166. The van der Waals surface area contributed by atoms with Crippen molar-refractivity contribution in [1.29, 1.82) is 0 Å². The minimum absolute atomic E-state index is 0.0251. The molecule has 0 unspecified atom stereocenters. The Morgan fingerprint density at radius 2 is 1.76 bits per heavy atom. The maximum absolute atomic E-state index is 12.6. The van der Waals surface area contributed by atoms with E-state index in [4.69, 9.17) is 9.47 Å². The minimum Gasteiger partial charge on any atom is -0.465 e. The Morgan fingerprint density at radius 3 is 2.44 bits per heavy atom. The van der Waals surface area contributed by atoms with Gasteiger partial charge >= 0.3 is 11.9 Å². The van der Waals surface area contributed by atoms with Gasteiger partial charge in [-0.15, -0.1) is 11.8 Å². The fourth-order valence-electron chi connectivity index (χ4n) is 3.37. The number of carbonyl (C=O) groups excluding carboxylic acids is 2. The van der Waals surface area contributed by atoms with Gasteiger partial charge in [-0.05, 0) is 42.4 Å². The zero-order valence-electron chi connectivity index (χ0n) is 18.8. The van der Waals surface area contributed by atoms with Crippen LogP contribution in [0.15, 0.2) is 89.1 Å². The van der Waals surface area contributed by atoms with E-state index in [-0.39, 0.29) is 17.0 Å². The molecule has 0 amide bonds. The summed E-state index contributed by atoms with van der Waals surface area (Å²) in [6.45, 7) is 0. The van der Waals surface area contributed by atoms with E-state index in [0.717, 1.165) is 18.6 Å². The van der Waals surface area contributed by atoms with E-state index in [9.17, 15) is 19.7 Å². The first kappa shape index (κ1) is 24.8. The van der Waals surface area contributed by atoms with E-state index >= 15 is 0 Å². The predicted octanol–water partition coefficient (Wildman–Crippen LogP) is 4.81. The van der Waals surface area contributed by atoms with Gasteiger partial charge < -0.3 is 14.4 Å².